The predicted octanol–water partition coefficient (Wildman–Crippen LogP) is 3.24. The van der Waals surface area contributed by atoms with Crippen molar-refractivity contribution < 1.29 is 4.79 Å². The summed E-state index contributed by atoms with van der Waals surface area (Å²) in [6.07, 6.45) is 4.68. The highest BCUT2D eigenvalue weighted by Gasteiger charge is 2.13. The van der Waals surface area contributed by atoms with Gasteiger partial charge in [0.1, 0.15) is 8.64 Å². The van der Waals surface area contributed by atoms with Gasteiger partial charge in [0.05, 0.1) is 0 Å². The summed E-state index contributed by atoms with van der Waals surface area (Å²) in [6.45, 7) is 7.41. The van der Waals surface area contributed by atoms with Crippen LogP contribution in [-0.4, -0.2) is 70.7 Å². The molecule has 1 amide bonds. The van der Waals surface area contributed by atoms with Gasteiger partial charge >= 0.3 is 0 Å². The van der Waals surface area contributed by atoms with E-state index in [2.05, 4.69) is 34.7 Å². The summed E-state index contributed by atoms with van der Waals surface area (Å²) in [6, 6.07) is 0. The van der Waals surface area contributed by atoms with Crippen molar-refractivity contribution in [2.24, 2.45) is 0 Å². The molecule has 0 aliphatic rings. The molecule has 0 aromatic carbocycles. The summed E-state index contributed by atoms with van der Waals surface area (Å²) in [7, 11) is 4.01. The number of nitrogens with zero attached hydrogens (tertiary/aromatic N) is 1. The van der Waals surface area contributed by atoms with Gasteiger partial charge in [-0.15, -0.1) is 0 Å². The molecule has 0 aliphatic carbocycles. The number of unbranched alkanes of at least 4 members (excludes halogenated alkanes) is 1. The molecule has 0 aliphatic heterocycles. The van der Waals surface area contributed by atoms with Crippen LogP contribution in [0.4, 0.5) is 0 Å². The highest BCUT2D eigenvalue weighted by atomic mass is 32.2. The molecule has 27 heavy (non-hydrogen) atoms. The van der Waals surface area contributed by atoms with Crippen molar-refractivity contribution in [3.05, 3.63) is 0 Å². The number of thioether (sulfide) groups is 2. The summed E-state index contributed by atoms with van der Waals surface area (Å²) in [5.74, 6) is 1.14. The zero-order chi connectivity index (χ0) is 20.5. The summed E-state index contributed by atoms with van der Waals surface area (Å²) in [5, 5.41) is 9.82. The van der Waals surface area contributed by atoms with Crippen molar-refractivity contribution in [2.45, 2.75) is 51.2 Å². The van der Waals surface area contributed by atoms with Gasteiger partial charge in [0.2, 0.25) is 5.91 Å². The minimum absolute atomic E-state index is 0.149. The number of carbonyl (C=O) groups excluding carboxylic acids is 1. The molecule has 0 fully saturated rings. The van der Waals surface area contributed by atoms with Gasteiger partial charge in [-0.05, 0) is 47.2 Å². The van der Waals surface area contributed by atoms with E-state index in [1.807, 2.05) is 14.1 Å². The standard InChI is InChI=1S/C18H36N4OS4/c1-5-19-17(24)26-14-11-15(27-18(25)20-6-2)9-7-8-10-16(23)21-12-13-22(3)4/h15H,5-14H2,1-4H3,(H,19,24)(H,20,25)(H,21,23). The van der Waals surface area contributed by atoms with E-state index in [9.17, 15) is 4.79 Å². The molecule has 0 bridgehead atoms. The molecule has 0 radical (unpaired) electrons. The number of rotatable bonds is 14. The van der Waals surface area contributed by atoms with Gasteiger partial charge in [-0.1, -0.05) is 54.4 Å². The molecule has 1 unspecified atom stereocenters. The first-order valence-corrected chi connectivity index (χ1v) is 12.3. The van der Waals surface area contributed by atoms with Gasteiger partial charge in [-0.2, -0.15) is 0 Å². The summed E-state index contributed by atoms with van der Waals surface area (Å²) in [4.78, 5) is 13.9. The Hall–Kier alpha value is -0.0900. The van der Waals surface area contributed by atoms with E-state index in [-0.39, 0.29) is 5.91 Å². The van der Waals surface area contributed by atoms with Crippen molar-refractivity contribution in [1.82, 2.24) is 20.9 Å². The molecule has 9 heteroatoms. The fourth-order valence-electron chi connectivity index (χ4n) is 2.24. The number of likely N-dealkylation sites (N-methyl/N-ethyl adjacent to an activating group) is 1. The van der Waals surface area contributed by atoms with Gasteiger partial charge in [-0.3, -0.25) is 4.79 Å². The Morgan fingerprint density at radius 3 is 2.30 bits per heavy atom. The fourth-order valence-corrected chi connectivity index (χ4v) is 5.22. The molecular formula is C18H36N4OS4. The number of hydrogen-bond acceptors (Lipinski definition) is 6. The maximum atomic E-state index is 11.9. The van der Waals surface area contributed by atoms with Crippen LogP contribution in [0.3, 0.4) is 0 Å². The van der Waals surface area contributed by atoms with Crippen molar-refractivity contribution in [2.75, 3.05) is 46.0 Å². The first-order valence-electron chi connectivity index (χ1n) is 9.65. The number of hydrogen-bond donors (Lipinski definition) is 3. The van der Waals surface area contributed by atoms with Crippen LogP contribution >= 0.6 is 48.0 Å². The Balaban J connectivity index is 4.12. The van der Waals surface area contributed by atoms with Crippen LogP contribution in [0.25, 0.3) is 0 Å². The Kier molecular flexibility index (Phi) is 17.9. The van der Waals surface area contributed by atoms with E-state index in [0.717, 1.165) is 59.7 Å². The molecular weight excluding hydrogens is 416 g/mol. The Bertz CT molecular complexity index is 436. The zero-order valence-corrected chi connectivity index (χ0v) is 20.4. The molecule has 0 saturated carbocycles. The topological polar surface area (TPSA) is 56.4 Å². The summed E-state index contributed by atoms with van der Waals surface area (Å²) >= 11 is 14.1. The maximum Gasteiger partial charge on any atom is 0.220 e. The SMILES string of the molecule is CCNC(=S)SCCC(CCCCC(=O)NCCN(C)C)SC(=S)NCC. The molecule has 0 aromatic rings. The van der Waals surface area contributed by atoms with Crippen molar-refractivity contribution in [1.29, 1.82) is 0 Å². The van der Waals surface area contributed by atoms with Crippen LogP contribution in [0, 0.1) is 0 Å². The monoisotopic (exact) mass is 452 g/mol. The summed E-state index contributed by atoms with van der Waals surface area (Å²) < 4.78 is 1.73. The highest BCUT2D eigenvalue weighted by Crippen LogP contribution is 2.24. The van der Waals surface area contributed by atoms with Crippen LogP contribution in [0.1, 0.15) is 46.0 Å². The zero-order valence-electron chi connectivity index (χ0n) is 17.1. The quantitative estimate of drug-likeness (QED) is 0.274. The molecule has 1 atom stereocenters. The van der Waals surface area contributed by atoms with Crippen LogP contribution in [0.15, 0.2) is 0 Å². The second-order valence-corrected chi connectivity index (χ2v) is 10.2. The van der Waals surface area contributed by atoms with E-state index in [1.165, 1.54) is 0 Å². The third-order valence-corrected chi connectivity index (χ3v) is 6.59. The summed E-state index contributed by atoms with van der Waals surface area (Å²) in [5.41, 5.74) is 0. The Morgan fingerprint density at radius 2 is 1.67 bits per heavy atom. The van der Waals surface area contributed by atoms with Gasteiger partial charge in [0.25, 0.3) is 0 Å². The van der Waals surface area contributed by atoms with Crippen LogP contribution < -0.4 is 16.0 Å². The minimum atomic E-state index is 0.149. The molecule has 158 valence electrons. The molecule has 0 saturated heterocycles. The van der Waals surface area contributed by atoms with Crippen LogP contribution in [0.2, 0.25) is 0 Å². The van der Waals surface area contributed by atoms with E-state index in [4.69, 9.17) is 24.4 Å². The van der Waals surface area contributed by atoms with Crippen molar-refractivity contribution >= 4 is 62.5 Å². The molecule has 0 heterocycles. The van der Waals surface area contributed by atoms with Gasteiger partial charge < -0.3 is 20.9 Å². The van der Waals surface area contributed by atoms with Crippen molar-refractivity contribution in [3.63, 3.8) is 0 Å². The molecule has 5 nitrogen and oxygen atoms in total. The fraction of sp³-hybridized carbons (Fsp3) is 0.833. The normalized spacial score (nSPS) is 11.9. The first-order chi connectivity index (χ1) is 12.9. The van der Waals surface area contributed by atoms with E-state index in [1.54, 1.807) is 23.5 Å². The third-order valence-electron chi connectivity index (χ3n) is 3.65. The molecule has 0 rings (SSSR count). The van der Waals surface area contributed by atoms with E-state index in [0.29, 0.717) is 18.2 Å². The smallest absolute Gasteiger partial charge is 0.220 e. The second-order valence-electron chi connectivity index (χ2n) is 6.41. The lowest BCUT2D eigenvalue weighted by atomic mass is 10.1. The van der Waals surface area contributed by atoms with Gasteiger partial charge in [-0.25, -0.2) is 0 Å². The number of thiocarbonyl (C=S) groups is 2. The lowest BCUT2D eigenvalue weighted by Gasteiger charge is -2.17. The van der Waals surface area contributed by atoms with E-state index >= 15 is 0 Å². The lowest BCUT2D eigenvalue weighted by molar-refractivity contribution is -0.121. The van der Waals surface area contributed by atoms with Crippen LogP contribution in [-0.2, 0) is 4.79 Å². The lowest BCUT2D eigenvalue weighted by Crippen LogP contribution is -2.31. The number of nitrogens with one attached hydrogen (secondary N) is 3. The maximum absolute atomic E-state index is 11.9. The van der Waals surface area contributed by atoms with Crippen molar-refractivity contribution in [3.8, 4) is 0 Å². The van der Waals surface area contributed by atoms with Crippen LogP contribution in [0.5, 0.6) is 0 Å². The van der Waals surface area contributed by atoms with E-state index < -0.39 is 0 Å². The largest absolute Gasteiger partial charge is 0.371 e. The Labute approximate surface area is 184 Å². The third kappa shape index (κ3) is 17.7. The second kappa shape index (κ2) is 18.0. The molecule has 3 N–H and O–H groups in total. The average Bonchev–Trinajstić information content (AvgIpc) is 2.58. The molecule has 0 spiro atoms. The highest BCUT2D eigenvalue weighted by molar-refractivity contribution is 8.23. The molecule has 0 aromatic heterocycles. The number of carbonyl (C=O) groups is 1. The average molecular weight is 453 g/mol. The van der Waals surface area contributed by atoms with Gasteiger partial charge in [0, 0.05) is 43.6 Å². The minimum Gasteiger partial charge on any atom is -0.371 e. The van der Waals surface area contributed by atoms with Gasteiger partial charge in [0.15, 0.2) is 0 Å². The first kappa shape index (κ1) is 26.9. The Morgan fingerprint density at radius 1 is 1.00 bits per heavy atom. The number of amides is 1. The predicted molar refractivity (Wildman–Crippen MR) is 131 cm³/mol.